The second-order valence-electron chi connectivity index (χ2n) is 4.62. The molecule has 0 bridgehead atoms. The van der Waals surface area contributed by atoms with Crippen molar-refractivity contribution in [2.45, 2.75) is 32.2 Å². The van der Waals surface area contributed by atoms with E-state index in [9.17, 15) is 9.90 Å². The maximum Gasteiger partial charge on any atom is 0.323 e. The van der Waals surface area contributed by atoms with Gasteiger partial charge >= 0.3 is 5.97 Å². The summed E-state index contributed by atoms with van der Waals surface area (Å²) < 4.78 is 5.50. The van der Waals surface area contributed by atoms with Crippen LogP contribution < -0.4 is 10.1 Å². The standard InChI is InChI=1S/C14H20ClNO3/c1-3-8-14(2,13(17)18)16-9-10-19-12-6-4-11(15)5-7-12/h4-7,16H,3,8-10H2,1-2H3,(H,17,18). The van der Waals surface area contributed by atoms with Crippen LogP contribution in [-0.2, 0) is 4.79 Å². The van der Waals surface area contributed by atoms with E-state index in [1.807, 2.05) is 6.92 Å². The molecular weight excluding hydrogens is 266 g/mol. The minimum Gasteiger partial charge on any atom is -0.492 e. The number of carbonyl (C=O) groups is 1. The largest absolute Gasteiger partial charge is 0.492 e. The van der Waals surface area contributed by atoms with Gasteiger partial charge in [-0.15, -0.1) is 0 Å². The average Bonchev–Trinajstić information content (AvgIpc) is 2.37. The number of ether oxygens (including phenoxy) is 1. The SMILES string of the molecule is CCCC(C)(NCCOc1ccc(Cl)cc1)C(=O)O. The number of benzene rings is 1. The summed E-state index contributed by atoms with van der Waals surface area (Å²) in [6, 6.07) is 7.07. The van der Waals surface area contributed by atoms with Crippen LogP contribution in [0, 0.1) is 0 Å². The van der Waals surface area contributed by atoms with Crippen molar-refractivity contribution in [2.75, 3.05) is 13.2 Å². The molecule has 1 unspecified atom stereocenters. The topological polar surface area (TPSA) is 58.6 Å². The van der Waals surface area contributed by atoms with Crippen LogP contribution in [0.3, 0.4) is 0 Å². The van der Waals surface area contributed by atoms with E-state index in [4.69, 9.17) is 16.3 Å². The highest BCUT2D eigenvalue weighted by atomic mass is 35.5. The molecule has 0 saturated carbocycles. The van der Waals surface area contributed by atoms with E-state index < -0.39 is 11.5 Å². The smallest absolute Gasteiger partial charge is 0.323 e. The third kappa shape index (κ3) is 5.09. The number of aliphatic carboxylic acids is 1. The lowest BCUT2D eigenvalue weighted by Crippen LogP contribution is -2.50. The molecule has 4 nitrogen and oxygen atoms in total. The monoisotopic (exact) mass is 285 g/mol. The van der Waals surface area contributed by atoms with Crippen LogP contribution in [0.25, 0.3) is 0 Å². The zero-order valence-corrected chi connectivity index (χ0v) is 12.0. The highest BCUT2D eigenvalue weighted by Crippen LogP contribution is 2.15. The van der Waals surface area contributed by atoms with E-state index in [0.717, 1.165) is 12.2 Å². The lowest BCUT2D eigenvalue weighted by molar-refractivity contribution is -0.144. The number of rotatable bonds is 8. The van der Waals surface area contributed by atoms with Crippen LogP contribution in [0.2, 0.25) is 5.02 Å². The fourth-order valence-corrected chi connectivity index (χ4v) is 1.92. The molecule has 0 aliphatic rings. The van der Waals surface area contributed by atoms with Gasteiger partial charge in [-0.05, 0) is 37.6 Å². The number of carboxylic acid groups (broad SMARTS) is 1. The van der Waals surface area contributed by atoms with E-state index in [-0.39, 0.29) is 0 Å². The Labute approximate surface area is 118 Å². The van der Waals surface area contributed by atoms with Crippen LogP contribution in [0.1, 0.15) is 26.7 Å². The Morgan fingerprint density at radius 2 is 2.05 bits per heavy atom. The quantitative estimate of drug-likeness (QED) is 0.721. The molecule has 0 amide bonds. The zero-order valence-electron chi connectivity index (χ0n) is 11.3. The Kier molecular flexibility index (Phi) is 6.12. The van der Waals surface area contributed by atoms with Crippen LogP contribution >= 0.6 is 11.6 Å². The molecule has 0 heterocycles. The van der Waals surface area contributed by atoms with Gasteiger partial charge in [-0.25, -0.2) is 0 Å². The van der Waals surface area contributed by atoms with Crippen molar-refractivity contribution in [3.8, 4) is 5.75 Å². The normalized spacial score (nSPS) is 13.8. The second-order valence-corrected chi connectivity index (χ2v) is 5.05. The Morgan fingerprint density at radius 3 is 2.58 bits per heavy atom. The summed E-state index contributed by atoms with van der Waals surface area (Å²) in [7, 11) is 0. The maximum absolute atomic E-state index is 11.2. The second kappa shape index (κ2) is 7.36. The molecule has 2 N–H and O–H groups in total. The van der Waals surface area contributed by atoms with Crippen molar-refractivity contribution < 1.29 is 14.6 Å². The van der Waals surface area contributed by atoms with Gasteiger partial charge in [-0.1, -0.05) is 24.9 Å². The van der Waals surface area contributed by atoms with Crippen LogP contribution in [-0.4, -0.2) is 29.8 Å². The third-order valence-electron chi connectivity index (χ3n) is 2.92. The summed E-state index contributed by atoms with van der Waals surface area (Å²) in [4.78, 5) is 11.2. The third-order valence-corrected chi connectivity index (χ3v) is 3.17. The van der Waals surface area contributed by atoms with Crippen LogP contribution in [0.4, 0.5) is 0 Å². The molecular formula is C14H20ClNO3. The van der Waals surface area contributed by atoms with Crippen molar-refractivity contribution >= 4 is 17.6 Å². The summed E-state index contributed by atoms with van der Waals surface area (Å²) in [6.45, 7) is 4.55. The number of hydrogen-bond acceptors (Lipinski definition) is 3. The van der Waals surface area contributed by atoms with Gasteiger partial charge in [0.15, 0.2) is 0 Å². The molecule has 1 atom stereocenters. The first-order chi connectivity index (χ1) is 8.98. The molecule has 0 fully saturated rings. The van der Waals surface area contributed by atoms with E-state index in [1.54, 1.807) is 31.2 Å². The van der Waals surface area contributed by atoms with Crippen molar-refractivity contribution in [1.82, 2.24) is 5.32 Å². The molecule has 19 heavy (non-hydrogen) atoms. The summed E-state index contributed by atoms with van der Waals surface area (Å²) in [5.74, 6) is -0.112. The molecule has 0 aliphatic carbocycles. The molecule has 1 aromatic rings. The number of nitrogens with one attached hydrogen (secondary N) is 1. The first-order valence-corrected chi connectivity index (χ1v) is 6.72. The fraction of sp³-hybridized carbons (Fsp3) is 0.500. The Balaban J connectivity index is 2.36. The molecule has 1 rings (SSSR count). The van der Waals surface area contributed by atoms with Crippen LogP contribution in [0.15, 0.2) is 24.3 Å². The first kappa shape index (κ1) is 15.8. The molecule has 1 aromatic carbocycles. The predicted octanol–water partition coefficient (Wildman–Crippen LogP) is 2.95. The van der Waals surface area contributed by atoms with Crippen molar-refractivity contribution in [2.24, 2.45) is 0 Å². The summed E-state index contributed by atoms with van der Waals surface area (Å²) >= 11 is 5.77. The van der Waals surface area contributed by atoms with Gasteiger partial charge in [-0.2, -0.15) is 0 Å². The lowest BCUT2D eigenvalue weighted by atomic mass is 9.96. The number of carboxylic acids is 1. The van der Waals surface area contributed by atoms with Gasteiger partial charge in [-0.3, -0.25) is 10.1 Å². The predicted molar refractivity (Wildman–Crippen MR) is 75.9 cm³/mol. The Bertz CT molecular complexity index is 408. The Hall–Kier alpha value is -1.26. The van der Waals surface area contributed by atoms with E-state index in [1.165, 1.54) is 0 Å². The highest BCUT2D eigenvalue weighted by molar-refractivity contribution is 6.30. The number of hydrogen-bond donors (Lipinski definition) is 2. The van der Waals surface area contributed by atoms with Gasteiger partial charge in [0.05, 0.1) is 0 Å². The minimum absolute atomic E-state index is 0.411. The molecule has 0 spiro atoms. The van der Waals surface area contributed by atoms with Crippen molar-refractivity contribution in [3.63, 3.8) is 0 Å². The fourth-order valence-electron chi connectivity index (χ4n) is 1.80. The molecule has 5 heteroatoms. The Morgan fingerprint density at radius 1 is 1.42 bits per heavy atom. The van der Waals surface area contributed by atoms with E-state index in [0.29, 0.717) is 24.6 Å². The lowest BCUT2D eigenvalue weighted by Gasteiger charge is -2.25. The molecule has 106 valence electrons. The first-order valence-electron chi connectivity index (χ1n) is 6.35. The molecule has 0 saturated heterocycles. The van der Waals surface area contributed by atoms with Crippen molar-refractivity contribution in [1.29, 1.82) is 0 Å². The number of halogens is 1. The van der Waals surface area contributed by atoms with Gasteiger partial charge in [0.25, 0.3) is 0 Å². The van der Waals surface area contributed by atoms with Gasteiger partial charge in [0, 0.05) is 11.6 Å². The summed E-state index contributed by atoms with van der Waals surface area (Å²) in [5, 5.41) is 12.9. The molecule has 0 aliphatic heterocycles. The average molecular weight is 286 g/mol. The minimum atomic E-state index is -0.891. The van der Waals surface area contributed by atoms with Gasteiger partial charge in [0.1, 0.15) is 17.9 Å². The van der Waals surface area contributed by atoms with Gasteiger partial charge < -0.3 is 9.84 Å². The van der Waals surface area contributed by atoms with E-state index in [2.05, 4.69) is 5.32 Å². The van der Waals surface area contributed by atoms with E-state index >= 15 is 0 Å². The van der Waals surface area contributed by atoms with Gasteiger partial charge in [0.2, 0.25) is 0 Å². The molecule has 0 radical (unpaired) electrons. The maximum atomic E-state index is 11.2. The highest BCUT2D eigenvalue weighted by Gasteiger charge is 2.30. The summed E-state index contributed by atoms with van der Waals surface area (Å²) in [5.41, 5.74) is -0.891. The van der Waals surface area contributed by atoms with Crippen molar-refractivity contribution in [3.05, 3.63) is 29.3 Å². The summed E-state index contributed by atoms with van der Waals surface area (Å²) in [6.07, 6.45) is 1.40. The molecule has 0 aromatic heterocycles. The zero-order chi connectivity index (χ0) is 14.3. The van der Waals surface area contributed by atoms with Crippen LogP contribution in [0.5, 0.6) is 5.75 Å².